The highest BCUT2D eigenvalue weighted by atomic mass is 32.2. The second-order valence-electron chi connectivity index (χ2n) is 5.13. The van der Waals surface area contributed by atoms with E-state index in [9.17, 15) is 8.42 Å². The zero-order chi connectivity index (χ0) is 14.6. The van der Waals surface area contributed by atoms with Gasteiger partial charge in [0.15, 0.2) is 0 Å². The maximum Gasteiger partial charge on any atom is 0.252 e. The van der Waals surface area contributed by atoms with Gasteiger partial charge in [-0.1, -0.05) is 0 Å². The predicted octanol–water partition coefficient (Wildman–Crippen LogP) is 0.966. The fourth-order valence-corrected chi connectivity index (χ4v) is 5.08. The van der Waals surface area contributed by atoms with Crippen LogP contribution in [0.2, 0.25) is 0 Å². The van der Waals surface area contributed by atoms with E-state index in [1.165, 1.54) is 28.5 Å². The fourth-order valence-electron chi connectivity index (χ4n) is 2.34. The molecule has 0 spiro atoms. The lowest BCUT2D eigenvalue weighted by molar-refractivity contribution is 0.310. The minimum Gasteiger partial charge on any atom is -0.330 e. The normalized spacial score (nSPS) is 17.1. The fraction of sp³-hybridized carbons (Fsp3) is 0.692. The molecule has 7 heteroatoms. The van der Waals surface area contributed by atoms with Gasteiger partial charge in [-0.05, 0) is 51.0 Å². The molecule has 0 amide bonds. The monoisotopic (exact) mass is 317 g/mol. The van der Waals surface area contributed by atoms with Gasteiger partial charge in [0.1, 0.15) is 4.21 Å². The highest BCUT2D eigenvalue weighted by Crippen LogP contribution is 2.24. The quantitative estimate of drug-likeness (QED) is 0.813. The summed E-state index contributed by atoms with van der Waals surface area (Å²) in [5, 5.41) is 0. The number of hydrogen-bond donors (Lipinski definition) is 1. The Bertz CT molecular complexity index is 521. The highest BCUT2D eigenvalue weighted by Gasteiger charge is 2.23. The first-order valence-corrected chi connectivity index (χ1v) is 9.27. The van der Waals surface area contributed by atoms with Gasteiger partial charge in [0.25, 0.3) is 10.0 Å². The van der Waals surface area contributed by atoms with Gasteiger partial charge in [0.2, 0.25) is 0 Å². The minimum atomic E-state index is -3.34. The van der Waals surface area contributed by atoms with Crippen LogP contribution < -0.4 is 5.73 Å². The first-order chi connectivity index (χ1) is 9.54. The van der Waals surface area contributed by atoms with Gasteiger partial charge >= 0.3 is 0 Å². The standard InChI is InChI=1S/C13H23N3O2S2/c1-15(10-11-16-8-2-3-9-16)20(17,18)13-5-4-12(19-13)6-7-14/h4-5H,2-3,6-11,14H2,1H3. The van der Waals surface area contributed by atoms with E-state index in [0.29, 0.717) is 17.3 Å². The molecule has 1 aromatic rings. The number of sulfonamides is 1. The number of nitrogens with two attached hydrogens (primary N) is 1. The van der Waals surface area contributed by atoms with Crippen LogP contribution in [0.3, 0.4) is 0 Å². The second kappa shape index (κ2) is 7.00. The summed E-state index contributed by atoms with van der Waals surface area (Å²) in [6, 6.07) is 3.55. The molecule has 0 aromatic carbocycles. The van der Waals surface area contributed by atoms with Crippen LogP contribution in [-0.4, -0.2) is 57.4 Å². The Morgan fingerprint density at radius 1 is 1.35 bits per heavy atom. The molecular weight excluding hydrogens is 294 g/mol. The first kappa shape index (κ1) is 15.9. The lowest BCUT2D eigenvalue weighted by Crippen LogP contribution is -2.34. The van der Waals surface area contributed by atoms with E-state index in [2.05, 4.69) is 4.90 Å². The van der Waals surface area contributed by atoms with E-state index in [0.717, 1.165) is 30.9 Å². The summed E-state index contributed by atoms with van der Waals surface area (Å²) in [6.45, 7) is 4.09. The van der Waals surface area contributed by atoms with Gasteiger partial charge in [-0.2, -0.15) is 4.31 Å². The third kappa shape index (κ3) is 3.79. The molecule has 0 unspecified atom stereocenters. The topological polar surface area (TPSA) is 66.6 Å². The summed E-state index contributed by atoms with van der Waals surface area (Å²) >= 11 is 1.33. The zero-order valence-electron chi connectivity index (χ0n) is 11.9. The van der Waals surface area contributed by atoms with Crippen LogP contribution in [0, 0.1) is 0 Å². The van der Waals surface area contributed by atoms with E-state index in [-0.39, 0.29) is 0 Å². The minimum absolute atomic E-state index is 0.421. The summed E-state index contributed by atoms with van der Waals surface area (Å²) in [6.07, 6.45) is 3.19. The molecule has 1 aromatic heterocycles. The van der Waals surface area contributed by atoms with Crippen molar-refractivity contribution in [1.82, 2.24) is 9.21 Å². The Morgan fingerprint density at radius 3 is 2.70 bits per heavy atom. The maximum atomic E-state index is 12.4. The van der Waals surface area contributed by atoms with E-state index in [4.69, 9.17) is 5.73 Å². The van der Waals surface area contributed by atoms with Crippen LogP contribution in [0.15, 0.2) is 16.3 Å². The highest BCUT2D eigenvalue weighted by molar-refractivity contribution is 7.91. The van der Waals surface area contributed by atoms with Gasteiger partial charge in [-0.3, -0.25) is 0 Å². The smallest absolute Gasteiger partial charge is 0.252 e. The molecule has 2 N–H and O–H groups in total. The van der Waals surface area contributed by atoms with Gasteiger partial charge in [0, 0.05) is 25.0 Å². The second-order valence-corrected chi connectivity index (χ2v) is 8.57. The van der Waals surface area contributed by atoms with Crippen LogP contribution in [0.5, 0.6) is 0 Å². The molecule has 0 radical (unpaired) electrons. The van der Waals surface area contributed by atoms with Crippen molar-refractivity contribution in [2.45, 2.75) is 23.5 Å². The van der Waals surface area contributed by atoms with Crippen molar-refractivity contribution in [2.75, 3.05) is 39.8 Å². The lowest BCUT2D eigenvalue weighted by Gasteiger charge is -2.20. The molecule has 1 saturated heterocycles. The maximum absolute atomic E-state index is 12.4. The SMILES string of the molecule is CN(CCN1CCCC1)S(=O)(=O)c1ccc(CCN)s1. The predicted molar refractivity (Wildman–Crippen MR) is 82.6 cm³/mol. The molecule has 1 aliphatic heterocycles. The van der Waals surface area contributed by atoms with Gasteiger partial charge in [-0.15, -0.1) is 11.3 Å². The first-order valence-electron chi connectivity index (χ1n) is 7.01. The Labute approximate surface area is 125 Å². The molecule has 2 heterocycles. The van der Waals surface area contributed by atoms with E-state index < -0.39 is 10.0 Å². The average molecular weight is 317 g/mol. The molecule has 2 rings (SSSR count). The molecule has 0 saturated carbocycles. The third-order valence-corrected chi connectivity index (χ3v) is 7.09. The van der Waals surface area contributed by atoms with E-state index >= 15 is 0 Å². The average Bonchev–Trinajstić information content (AvgIpc) is 3.07. The summed E-state index contributed by atoms with van der Waals surface area (Å²) in [5.74, 6) is 0. The molecule has 5 nitrogen and oxygen atoms in total. The van der Waals surface area contributed by atoms with Crippen molar-refractivity contribution < 1.29 is 8.42 Å². The van der Waals surface area contributed by atoms with Crippen LogP contribution in [0.25, 0.3) is 0 Å². The van der Waals surface area contributed by atoms with Gasteiger partial charge in [0.05, 0.1) is 0 Å². The largest absolute Gasteiger partial charge is 0.330 e. The van der Waals surface area contributed by atoms with Crippen molar-refractivity contribution in [2.24, 2.45) is 5.73 Å². The number of nitrogens with zero attached hydrogens (tertiary/aromatic N) is 2. The van der Waals surface area contributed by atoms with Gasteiger partial charge < -0.3 is 10.6 Å². The molecule has 1 fully saturated rings. The van der Waals surface area contributed by atoms with Gasteiger partial charge in [-0.25, -0.2) is 8.42 Å². The Hall–Kier alpha value is -0.470. The Morgan fingerprint density at radius 2 is 2.05 bits per heavy atom. The van der Waals surface area contributed by atoms with E-state index in [1.54, 1.807) is 13.1 Å². The molecule has 1 aliphatic rings. The van der Waals surface area contributed by atoms with Crippen molar-refractivity contribution in [1.29, 1.82) is 0 Å². The van der Waals surface area contributed by atoms with Crippen molar-refractivity contribution in [3.63, 3.8) is 0 Å². The van der Waals surface area contributed by atoms with Crippen LogP contribution in [0.1, 0.15) is 17.7 Å². The Kier molecular flexibility index (Phi) is 5.57. The number of rotatable bonds is 7. The zero-order valence-corrected chi connectivity index (χ0v) is 13.5. The van der Waals surface area contributed by atoms with Crippen molar-refractivity contribution in [3.05, 3.63) is 17.0 Å². The van der Waals surface area contributed by atoms with Crippen molar-refractivity contribution >= 4 is 21.4 Å². The number of likely N-dealkylation sites (N-methyl/N-ethyl adjacent to an activating group) is 1. The summed E-state index contributed by atoms with van der Waals surface area (Å²) in [4.78, 5) is 3.35. The van der Waals surface area contributed by atoms with Crippen LogP contribution in [-0.2, 0) is 16.4 Å². The number of likely N-dealkylation sites (tertiary alicyclic amines) is 1. The molecule has 20 heavy (non-hydrogen) atoms. The molecule has 0 aliphatic carbocycles. The number of thiophene rings is 1. The van der Waals surface area contributed by atoms with Crippen LogP contribution in [0.4, 0.5) is 0 Å². The molecular formula is C13H23N3O2S2. The Balaban J connectivity index is 1.96. The molecule has 114 valence electrons. The van der Waals surface area contributed by atoms with E-state index in [1.807, 2.05) is 6.07 Å². The summed E-state index contributed by atoms with van der Waals surface area (Å²) in [7, 11) is -1.68. The third-order valence-electron chi connectivity index (χ3n) is 3.62. The summed E-state index contributed by atoms with van der Waals surface area (Å²) < 4.78 is 26.8. The molecule has 0 atom stereocenters. The van der Waals surface area contributed by atoms with Crippen molar-refractivity contribution in [3.8, 4) is 0 Å². The van der Waals surface area contributed by atoms with Crippen LogP contribution >= 0.6 is 11.3 Å². The number of hydrogen-bond acceptors (Lipinski definition) is 5. The lowest BCUT2D eigenvalue weighted by atomic mass is 10.3. The molecule has 0 bridgehead atoms. The summed E-state index contributed by atoms with van der Waals surface area (Å²) in [5.41, 5.74) is 5.50.